The summed E-state index contributed by atoms with van der Waals surface area (Å²) in [7, 11) is 2.06. The van der Waals surface area contributed by atoms with Crippen LogP contribution in [-0.2, 0) is 20.0 Å². The van der Waals surface area contributed by atoms with Crippen molar-refractivity contribution in [3.63, 3.8) is 0 Å². The zero-order valence-corrected chi connectivity index (χ0v) is 10.1. The first kappa shape index (κ1) is 10.5. The molecule has 1 aromatic heterocycles. The van der Waals surface area contributed by atoms with E-state index in [1.807, 2.05) is 12.4 Å². The highest BCUT2D eigenvalue weighted by Gasteiger charge is 2.20. The second kappa shape index (κ2) is 4.34. The van der Waals surface area contributed by atoms with Crippen LogP contribution in [0.1, 0.15) is 22.9 Å². The van der Waals surface area contributed by atoms with E-state index in [1.54, 1.807) is 0 Å². The third kappa shape index (κ3) is 1.98. The molecule has 0 radical (unpaired) electrons. The number of nitrogens with one attached hydrogen (secondary N) is 1. The van der Waals surface area contributed by atoms with E-state index in [-0.39, 0.29) is 0 Å². The molecule has 0 bridgehead atoms. The van der Waals surface area contributed by atoms with Gasteiger partial charge in [-0.3, -0.25) is 0 Å². The van der Waals surface area contributed by atoms with E-state index < -0.39 is 0 Å². The second-order valence-corrected chi connectivity index (χ2v) is 4.69. The number of rotatable bonds is 2. The lowest BCUT2D eigenvalue weighted by atomic mass is 9.88. The fraction of sp³-hybridized carbons (Fsp3) is 0.357. The van der Waals surface area contributed by atoms with Crippen molar-refractivity contribution >= 4 is 0 Å². The Kier molecular flexibility index (Phi) is 2.69. The minimum atomic E-state index is 0.543. The lowest BCUT2D eigenvalue weighted by Gasteiger charge is -2.26. The molecule has 1 unspecified atom stereocenters. The standard InChI is InChI=1S/C14H17N3/c1-17-7-6-16-14(17)8-12-10-15-9-11-4-2-3-5-13(11)12/h2-7,12,15H,8-10H2,1H3. The molecule has 0 saturated heterocycles. The largest absolute Gasteiger partial charge is 0.338 e. The number of benzene rings is 1. The molecular weight excluding hydrogens is 210 g/mol. The molecule has 0 saturated carbocycles. The molecule has 2 aromatic rings. The number of nitrogens with zero attached hydrogens (tertiary/aromatic N) is 2. The van der Waals surface area contributed by atoms with Crippen LogP contribution < -0.4 is 5.32 Å². The van der Waals surface area contributed by atoms with Crippen LogP contribution >= 0.6 is 0 Å². The molecule has 1 aliphatic rings. The third-order valence-electron chi connectivity index (χ3n) is 3.55. The van der Waals surface area contributed by atoms with Crippen molar-refractivity contribution < 1.29 is 0 Å². The molecule has 1 aliphatic heterocycles. The van der Waals surface area contributed by atoms with Gasteiger partial charge in [-0.15, -0.1) is 0 Å². The molecule has 0 amide bonds. The summed E-state index contributed by atoms with van der Waals surface area (Å²) in [6.45, 7) is 2.04. The highest BCUT2D eigenvalue weighted by molar-refractivity contribution is 5.33. The topological polar surface area (TPSA) is 29.9 Å². The van der Waals surface area contributed by atoms with Gasteiger partial charge in [-0.2, -0.15) is 0 Å². The summed E-state index contributed by atoms with van der Waals surface area (Å²) >= 11 is 0. The Morgan fingerprint density at radius 3 is 3.12 bits per heavy atom. The fourth-order valence-electron chi connectivity index (χ4n) is 2.58. The second-order valence-electron chi connectivity index (χ2n) is 4.69. The van der Waals surface area contributed by atoms with E-state index in [9.17, 15) is 0 Å². The first-order chi connectivity index (χ1) is 8.34. The fourth-order valence-corrected chi connectivity index (χ4v) is 2.58. The molecule has 1 atom stereocenters. The number of aromatic nitrogens is 2. The maximum atomic E-state index is 4.42. The molecule has 3 rings (SSSR count). The molecular formula is C14H17N3. The molecule has 3 nitrogen and oxygen atoms in total. The van der Waals surface area contributed by atoms with Crippen LogP contribution in [0.5, 0.6) is 0 Å². The van der Waals surface area contributed by atoms with Crippen molar-refractivity contribution in [2.24, 2.45) is 7.05 Å². The highest BCUT2D eigenvalue weighted by atomic mass is 15.0. The van der Waals surface area contributed by atoms with E-state index >= 15 is 0 Å². The Labute approximate surface area is 101 Å². The minimum Gasteiger partial charge on any atom is -0.338 e. The van der Waals surface area contributed by atoms with E-state index in [4.69, 9.17) is 0 Å². The van der Waals surface area contributed by atoms with Crippen molar-refractivity contribution in [2.75, 3.05) is 6.54 Å². The van der Waals surface area contributed by atoms with Crippen molar-refractivity contribution in [1.82, 2.24) is 14.9 Å². The van der Waals surface area contributed by atoms with Gasteiger partial charge < -0.3 is 9.88 Å². The van der Waals surface area contributed by atoms with Crippen LogP contribution in [0, 0.1) is 0 Å². The average molecular weight is 227 g/mol. The number of hydrogen-bond acceptors (Lipinski definition) is 2. The van der Waals surface area contributed by atoms with Crippen LogP contribution in [0.2, 0.25) is 0 Å². The molecule has 1 aromatic carbocycles. The summed E-state index contributed by atoms with van der Waals surface area (Å²) in [6.07, 6.45) is 4.89. The first-order valence-electron chi connectivity index (χ1n) is 6.09. The third-order valence-corrected chi connectivity index (χ3v) is 3.55. The van der Waals surface area contributed by atoms with Gasteiger partial charge in [-0.25, -0.2) is 4.98 Å². The molecule has 3 heteroatoms. The monoisotopic (exact) mass is 227 g/mol. The Morgan fingerprint density at radius 2 is 2.29 bits per heavy atom. The van der Waals surface area contributed by atoms with Gasteiger partial charge in [0.2, 0.25) is 0 Å². The Morgan fingerprint density at radius 1 is 1.41 bits per heavy atom. The van der Waals surface area contributed by atoms with Gasteiger partial charge in [0.25, 0.3) is 0 Å². The lowest BCUT2D eigenvalue weighted by Crippen LogP contribution is -2.29. The van der Waals surface area contributed by atoms with Crippen LogP contribution in [-0.4, -0.2) is 16.1 Å². The summed E-state index contributed by atoms with van der Waals surface area (Å²) in [5.41, 5.74) is 2.91. The van der Waals surface area contributed by atoms with Crippen LogP contribution in [0.15, 0.2) is 36.7 Å². The van der Waals surface area contributed by atoms with E-state index in [0.29, 0.717) is 5.92 Å². The predicted octanol–water partition coefficient (Wildman–Crippen LogP) is 1.85. The Bertz CT molecular complexity index is 516. The SMILES string of the molecule is Cn1ccnc1CC1CNCc2ccccc21. The zero-order chi connectivity index (χ0) is 11.7. The average Bonchev–Trinajstić information content (AvgIpc) is 2.76. The van der Waals surface area contributed by atoms with Crippen LogP contribution in [0.3, 0.4) is 0 Å². The van der Waals surface area contributed by atoms with Gasteiger partial charge in [-0.1, -0.05) is 24.3 Å². The van der Waals surface area contributed by atoms with Crippen LogP contribution in [0.25, 0.3) is 0 Å². The number of imidazole rings is 1. The first-order valence-corrected chi connectivity index (χ1v) is 6.09. The maximum absolute atomic E-state index is 4.42. The van der Waals surface area contributed by atoms with Crippen molar-refractivity contribution in [1.29, 1.82) is 0 Å². The molecule has 0 fully saturated rings. The summed E-state index contributed by atoms with van der Waals surface area (Å²) in [4.78, 5) is 4.42. The van der Waals surface area contributed by atoms with Crippen molar-refractivity contribution in [2.45, 2.75) is 18.9 Å². The van der Waals surface area contributed by atoms with Gasteiger partial charge in [0.1, 0.15) is 5.82 Å². The molecule has 2 heterocycles. The summed E-state index contributed by atoms with van der Waals surface area (Å²) < 4.78 is 2.11. The molecule has 17 heavy (non-hydrogen) atoms. The van der Waals surface area contributed by atoms with Crippen molar-refractivity contribution in [3.8, 4) is 0 Å². The van der Waals surface area contributed by atoms with E-state index in [2.05, 4.69) is 46.2 Å². The van der Waals surface area contributed by atoms with Gasteiger partial charge in [-0.05, 0) is 11.1 Å². The van der Waals surface area contributed by atoms with Gasteiger partial charge >= 0.3 is 0 Å². The summed E-state index contributed by atoms with van der Waals surface area (Å²) in [6, 6.07) is 8.72. The molecule has 0 aliphatic carbocycles. The molecule has 88 valence electrons. The van der Waals surface area contributed by atoms with Crippen molar-refractivity contribution in [3.05, 3.63) is 53.6 Å². The van der Waals surface area contributed by atoms with E-state index in [1.165, 1.54) is 11.1 Å². The summed E-state index contributed by atoms with van der Waals surface area (Å²) in [5.74, 6) is 1.70. The molecule has 1 N–H and O–H groups in total. The van der Waals surface area contributed by atoms with Gasteiger partial charge in [0.05, 0.1) is 0 Å². The quantitative estimate of drug-likeness (QED) is 0.848. The number of fused-ring (bicyclic) bond motifs is 1. The lowest BCUT2D eigenvalue weighted by molar-refractivity contribution is 0.524. The number of aryl methyl sites for hydroxylation is 1. The predicted molar refractivity (Wildman–Crippen MR) is 67.8 cm³/mol. The number of hydrogen-bond donors (Lipinski definition) is 1. The Hall–Kier alpha value is -1.61. The smallest absolute Gasteiger partial charge is 0.109 e. The van der Waals surface area contributed by atoms with Gasteiger partial charge in [0, 0.05) is 44.9 Å². The van der Waals surface area contributed by atoms with Crippen LogP contribution in [0.4, 0.5) is 0 Å². The van der Waals surface area contributed by atoms with E-state index in [0.717, 1.165) is 25.3 Å². The normalized spacial score (nSPS) is 19.0. The maximum Gasteiger partial charge on any atom is 0.109 e. The summed E-state index contributed by atoms with van der Waals surface area (Å²) in [5, 5.41) is 3.49. The highest BCUT2D eigenvalue weighted by Crippen LogP contribution is 2.26. The molecule has 0 spiro atoms. The Balaban J connectivity index is 1.88. The van der Waals surface area contributed by atoms with Gasteiger partial charge in [0.15, 0.2) is 0 Å². The minimum absolute atomic E-state index is 0.543. The zero-order valence-electron chi connectivity index (χ0n) is 10.1.